The van der Waals surface area contributed by atoms with E-state index in [0.29, 0.717) is 0 Å². The number of nitrogens with one attached hydrogen (secondary N) is 1. The third kappa shape index (κ3) is 3.94. The molecule has 9 heteroatoms. The molecule has 0 radical (unpaired) electrons. The van der Waals surface area contributed by atoms with Crippen molar-refractivity contribution in [2.24, 2.45) is 5.10 Å². The van der Waals surface area contributed by atoms with Crippen LogP contribution in [0.25, 0.3) is 0 Å². The van der Waals surface area contributed by atoms with E-state index in [-0.39, 0.29) is 34.1 Å². The number of aromatic hydroxyl groups is 3. The summed E-state index contributed by atoms with van der Waals surface area (Å²) in [5.41, 5.74) is 1.86. The Morgan fingerprint density at radius 2 is 1.78 bits per heavy atom. The van der Waals surface area contributed by atoms with Crippen molar-refractivity contribution in [3.63, 3.8) is 0 Å². The first kappa shape index (κ1) is 15.8. The molecule has 0 spiro atoms. The van der Waals surface area contributed by atoms with Crippen molar-refractivity contribution in [2.45, 2.75) is 0 Å². The third-order valence-corrected chi connectivity index (χ3v) is 2.76. The van der Waals surface area contributed by atoms with Crippen LogP contribution in [0.1, 0.15) is 15.9 Å². The van der Waals surface area contributed by atoms with Crippen LogP contribution in [0.3, 0.4) is 0 Å². The number of carbonyl (C=O) groups is 1. The maximum atomic E-state index is 11.8. The van der Waals surface area contributed by atoms with E-state index in [9.17, 15) is 30.2 Å². The van der Waals surface area contributed by atoms with Crippen LogP contribution < -0.4 is 5.43 Å². The maximum absolute atomic E-state index is 11.8. The number of nitrogens with zero attached hydrogens (tertiary/aromatic N) is 2. The predicted molar refractivity (Wildman–Crippen MR) is 79.6 cm³/mol. The fourth-order valence-corrected chi connectivity index (χ4v) is 1.71. The number of carbonyl (C=O) groups excluding carboxylic acids is 1. The van der Waals surface area contributed by atoms with Gasteiger partial charge in [0.2, 0.25) is 0 Å². The van der Waals surface area contributed by atoms with E-state index >= 15 is 0 Å². The number of amides is 1. The van der Waals surface area contributed by atoms with Gasteiger partial charge in [-0.05, 0) is 18.2 Å². The summed E-state index contributed by atoms with van der Waals surface area (Å²) in [5.74, 6) is -1.56. The number of hydrogen-bond donors (Lipinski definition) is 4. The fraction of sp³-hybridized carbons (Fsp3) is 0. The summed E-state index contributed by atoms with van der Waals surface area (Å²) < 4.78 is 0. The van der Waals surface area contributed by atoms with Crippen molar-refractivity contribution in [3.05, 3.63) is 57.6 Å². The summed E-state index contributed by atoms with van der Waals surface area (Å²) in [6.07, 6.45) is 1.03. The van der Waals surface area contributed by atoms with Gasteiger partial charge >= 0.3 is 0 Å². The van der Waals surface area contributed by atoms with Gasteiger partial charge in [-0.25, -0.2) is 5.43 Å². The lowest BCUT2D eigenvalue weighted by Crippen LogP contribution is -2.17. The second-order valence-corrected chi connectivity index (χ2v) is 4.44. The van der Waals surface area contributed by atoms with Crippen LogP contribution in [0.15, 0.2) is 41.5 Å². The molecular weight excluding hydrogens is 306 g/mol. The zero-order chi connectivity index (χ0) is 17.0. The predicted octanol–water partition coefficient (Wildman–Crippen LogP) is 1.48. The van der Waals surface area contributed by atoms with Crippen molar-refractivity contribution in [3.8, 4) is 17.2 Å². The van der Waals surface area contributed by atoms with Crippen molar-refractivity contribution >= 4 is 17.8 Å². The average molecular weight is 317 g/mol. The van der Waals surface area contributed by atoms with Crippen LogP contribution in [0.5, 0.6) is 17.2 Å². The van der Waals surface area contributed by atoms with Crippen molar-refractivity contribution < 1.29 is 25.0 Å². The SMILES string of the molecule is O=C(NN=Cc1cc([N+](=O)[O-])ccc1O)c1cc(O)cc(O)c1. The van der Waals surface area contributed by atoms with Crippen LogP contribution >= 0.6 is 0 Å². The van der Waals surface area contributed by atoms with Gasteiger partial charge in [0.05, 0.1) is 11.1 Å². The lowest BCUT2D eigenvalue weighted by Gasteiger charge is -2.02. The summed E-state index contributed by atoms with van der Waals surface area (Å²) in [4.78, 5) is 21.8. The Kier molecular flexibility index (Phi) is 4.41. The fourth-order valence-electron chi connectivity index (χ4n) is 1.71. The van der Waals surface area contributed by atoms with E-state index in [1.54, 1.807) is 0 Å². The van der Waals surface area contributed by atoms with E-state index in [1.807, 2.05) is 0 Å². The lowest BCUT2D eigenvalue weighted by atomic mass is 10.2. The number of rotatable bonds is 4. The molecule has 0 heterocycles. The zero-order valence-corrected chi connectivity index (χ0v) is 11.5. The molecule has 2 rings (SSSR count). The Balaban J connectivity index is 2.14. The monoisotopic (exact) mass is 317 g/mol. The van der Waals surface area contributed by atoms with Crippen LogP contribution in [0.2, 0.25) is 0 Å². The number of non-ortho nitro benzene ring substituents is 1. The highest BCUT2D eigenvalue weighted by Gasteiger charge is 2.10. The molecule has 1 amide bonds. The van der Waals surface area contributed by atoms with E-state index in [4.69, 9.17) is 0 Å². The minimum Gasteiger partial charge on any atom is -0.508 e. The van der Waals surface area contributed by atoms with Gasteiger partial charge in [-0.1, -0.05) is 0 Å². The molecule has 0 atom stereocenters. The van der Waals surface area contributed by atoms with Gasteiger partial charge in [0.25, 0.3) is 11.6 Å². The molecule has 118 valence electrons. The smallest absolute Gasteiger partial charge is 0.271 e. The first-order chi connectivity index (χ1) is 10.9. The molecule has 0 aromatic heterocycles. The van der Waals surface area contributed by atoms with Gasteiger partial charge in [0, 0.05) is 29.3 Å². The van der Waals surface area contributed by atoms with Crippen LogP contribution in [0.4, 0.5) is 5.69 Å². The molecule has 4 N–H and O–H groups in total. The van der Waals surface area contributed by atoms with Gasteiger partial charge in [-0.2, -0.15) is 5.10 Å². The zero-order valence-electron chi connectivity index (χ0n) is 11.5. The van der Waals surface area contributed by atoms with E-state index < -0.39 is 10.8 Å². The molecule has 23 heavy (non-hydrogen) atoms. The number of nitro benzene ring substituents is 1. The Morgan fingerprint density at radius 3 is 2.39 bits per heavy atom. The minimum absolute atomic E-state index is 0.0390. The van der Waals surface area contributed by atoms with Gasteiger partial charge in [-0.15, -0.1) is 0 Å². The summed E-state index contributed by atoms with van der Waals surface area (Å²) in [5, 5.41) is 42.4. The van der Waals surface area contributed by atoms with Crippen molar-refractivity contribution in [1.82, 2.24) is 5.43 Å². The number of benzene rings is 2. The number of hydrogen-bond acceptors (Lipinski definition) is 7. The van der Waals surface area contributed by atoms with Gasteiger partial charge < -0.3 is 15.3 Å². The third-order valence-electron chi connectivity index (χ3n) is 2.76. The highest BCUT2D eigenvalue weighted by atomic mass is 16.6. The number of phenolic OH excluding ortho intramolecular Hbond substituents is 3. The summed E-state index contributed by atoms with van der Waals surface area (Å²) in [6.45, 7) is 0. The van der Waals surface area contributed by atoms with Crippen LogP contribution in [-0.4, -0.2) is 32.4 Å². The molecule has 0 saturated carbocycles. The lowest BCUT2D eigenvalue weighted by molar-refractivity contribution is -0.384. The van der Waals surface area contributed by atoms with Crippen molar-refractivity contribution in [2.75, 3.05) is 0 Å². The second-order valence-electron chi connectivity index (χ2n) is 4.44. The molecule has 9 nitrogen and oxygen atoms in total. The normalized spacial score (nSPS) is 10.6. The van der Waals surface area contributed by atoms with Gasteiger partial charge in [0.15, 0.2) is 0 Å². The summed E-state index contributed by atoms with van der Waals surface area (Å²) >= 11 is 0. The number of nitro groups is 1. The first-order valence-corrected chi connectivity index (χ1v) is 6.20. The van der Waals surface area contributed by atoms with E-state index in [0.717, 1.165) is 42.6 Å². The van der Waals surface area contributed by atoms with Crippen molar-refractivity contribution in [1.29, 1.82) is 0 Å². The Labute approximate surface area is 129 Å². The van der Waals surface area contributed by atoms with E-state index in [1.165, 1.54) is 0 Å². The molecule has 0 bridgehead atoms. The second kappa shape index (κ2) is 6.43. The summed E-state index contributed by atoms with van der Waals surface area (Å²) in [6, 6.07) is 6.65. The molecule has 0 aliphatic rings. The molecule has 2 aromatic rings. The molecule has 0 fully saturated rings. The molecule has 2 aromatic carbocycles. The Hall–Kier alpha value is -3.62. The summed E-state index contributed by atoms with van der Waals surface area (Å²) in [7, 11) is 0. The molecule has 0 unspecified atom stereocenters. The van der Waals surface area contributed by atoms with Crippen LogP contribution in [-0.2, 0) is 0 Å². The number of phenols is 3. The number of hydrazone groups is 1. The standard InChI is InChI=1S/C14H11N3O6/c18-11-4-8(5-12(19)6-11)14(21)16-15-7-9-3-10(17(22)23)1-2-13(9)20/h1-7,18-20H,(H,16,21). The molecule has 0 aliphatic heterocycles. The Bertz CT molecular complexity index is 783. The average Bonchev–Trinajstić information content (AvgIpc) is 2.47. The Morgan fingerprint density at radius 1 is 1.13 bits per heavy atom. The first-order valence-electron chi connectivity index (χ1n) is 6.20. The highest BCUT2D eigenvalue weighted by molar-refractivity contribution is 5.95. The molecule has 0 aliphatic carbocycles. The van der Waals surface area contributed by atoms with E-state index in [2.05, 4.69) is 10.5 Å². The molecular formula is C14H11N3O6. The minimum atomic E-state index is -0.725. The van der Waals surface area contributed by atoms with Gasteiger partial charge in [-0.3, -0.25) is 14.9 Å². The van der Waals surface area contributed by atoms with Crippen LogP contribution in [0, 0.1) is 10.1 Å². The largest absolute Gasteiger partial charge is 0.508 e. The quantitative estimate of drug-likeness (QED) is 0.381. The van der Waals surface area contributed by atoms with Gasteiger partial charge in [0.1, 0.15) is 17.2 Å². The highest BCUT2D eigenvalue weighted by Crippen LogP contribution is 2.22. The maximum Gasteiger partial charge on any atom is 0.271 e. The topological polar surface area (TPSA) is 145 Å². The molecule has 0 saturated heterocycles.